The number of carbonyl (C=O) groups excluding carboxylic acids is 2. The van der Waals surface area contributed by atoms with Crippen LogP contribution in [0.4, 0.5) is 0 Å². The molecule has 17 heavy (non-hydrogen) atoms. The lowest BCUT2D eigenvalue weighted by Gasteiger charge is -2.30. The van der Waals surface area contributed by atoms with E-state index in [0.717, 1.165) is 0 Å². The van der Waals surface area contributed by atoms with E-state index in [1.54, 1.807) is 12.2 Å². The van der Waals surface area contributed by atoms with Crippen molar-refractivity contribution in [1.82, 2.24) is 0 Å². The third kappa shape index (κ3) is 4.54. The molecule has 0 N–H and O–H groups in total. The second-order valence-corrected chi connectivity index (χ2v) is 3.54. The van der Waals surface area contributed by atoms with Crippen LogP contribution in [0.5, 0.6) is 0 Å². The van der Waals surface area contributed by atoms with Gasteiger partial charge in [0, 0.05) is 21.0 Å². The van der Waals surface area contributed by atoms with E-state index >= 15 is 0 Å². The van der Waals surface area contributed by atoms with Crippen molar-refractivity contribution >= 4 is 11.9 Å². The summed E-state index contributed by atoms with van der Waals surface area (Å²) < 4.78 is 20.3. The molecule has 6 nitrogen and oxygen atoms in total. The molecule has 0 aromatic carbocycles. The van der Waals surface area contributed by atoms with Crippen LogP contribution in [0.15, 0.2) is 12.2 Å². The smallest absolute Gasteiger partial charge is 0.303 e. The highest BCUT2D eigenvalue weighted by Crippen LogP contribution is 2.17. The van der Waals surface area contributed by atoms with Gasteiger partial charge in [-0.25, -0.2) is 0 Å². The molecule has 3 unspecified atom stereocenters. The van der Waals surface area contributed by atoms with Crippen LogP contribution in [0, 0.1) is 0 Å². The van der Waals surface area contributed by atoms with Crippen LogP contribution in [-0.2, 0) is 28.5 Å². The van der Waals surface area contributed by atoms with Crippen molar-refractivity contribution in [3.05, 3.63) is 12.2 Å². The summed E-state index contributed by atoms with van der Waals surface area (Å²) in [6.45, 7) is 2.62. The minimum absolute atomic E-state index is 0.0114. The summed E-state index contributed by atoms with van der Waals surface area (Å²) in [6, 6.07) is 0. The molecule has 0 saturated carbocycles. The molecule has 1 rings (SSSR count). The zero-order valence-electron chi connectivity index (χ0n) is 10.0. The third-order valence-corrected chi connectivity index (χ3v) is 2.12. The van der Waals surface area contributed by atoms with Crippen molar-refractivity contribution in [2.24, 2.45) is 0 Å². The minimum atomic E-state index is -0.571. The monoisotopic (exact) mass is 244 g/mol. The Bertz CT molecular complexity index is 311. The molecule has 6 heteroatoms. The first kappa shape index (κ1) is 13.7. The lowest BCUT2D eigenvalue weighted by atomic mass is 10.1. The van der Waals surface area contributed by atoms with Gasteiger partial charge in [0.1, 0.15) is 18.8 Å². The summed E-state index contributed by atoms with van der Waals surface area (Å²) in [5, 5.41) is 0. The molecule has 1 heterocycles. The second kappa shape index (κ2) is 6.36. The molecular formula is C11H16O6. The van der Waals surface area contributed by atoms with Crippen molar-refractivity contribution < 1.29 is 28.5 Å². The van der Waals surface area contributed by atoms with Gasteiger partial charge in [0.2, 0.25) is 0 Å². The number of carbonyl (C=O) groups is 2. The number of ether oxygens (including phenoxy) is 4. The molecule has 0 aromatic heterocycles. The summed E-state index contributed by atoms with van der Waals surface area (Å²) in [4.78, 5) is 21.6. The molecule has 0 saturated heterocycles. The summed E-state index contributed by atoms with van der Waals surface area (Å²) in [5.41, 5.74) is 0. The fraction of sp³-hybridized carbons (Fsp3) is 0.636. The average molecular weight is 244 g/mol. The molecule has 0 bridgehead atoms. The third-order valence-electron chi connectivity index (χ3n) is 2.12. The van der Waals surface area contributed by atoms with Crippen LogP contribution < -0.4 is 0 Å². The molecule has 0 radical (unpaired) electrons. The van der Waals surface area contributed by atoms with E-state index in [9.17, 15) is 9.59 Å². The second-order valence-electron chi connectivity index (χ2n) is 3.54. The topological polar surface area (TPSA) is 71.1 Å². The molecule has 96 valence electrons. The average Bonchev–Trinajstić information content (AvgIpc) is 2.27. The van der Waals surface area contributed by atoms with Gasteiger partial charge in [-0.3, -0.25) is 9.59 Å². The number of hydrogen-bond acceptors (Lipinski definition) is 6. The van der Waals surface area contributed by atoms with Crippen molar-refractivity contribution in [2.45, 2.75) is 32.3 Å². The van der Waals surface area contributed by atoms with Gasteiger partial charge < -0.3 is 18.9 Å². The molecule has 0 fully saturated rings. The van der Waals surface area contributed by atoms with E-state index in [1.807, 2.05) is 0 Å². The maximum atomic E-state index is 10.9. The van der Waals surface area contributed by atoms with Gasteiger partial charge in [-0.2, -0.15) is 0 Å². The zero-order valence-corrected chi connectivity index (χ0v) is 10.0. The van der Waals surface area contributed by atoms with Crippen LogP contribution in [0.2, 0.25) is 0 Å². The Labute approximate surface area is 99.5 Å². The normalized spacial score (nSPS) is 27.6. The Morgan fingerprint density at radius 3 is 2.47 bits per heavy atom. The van der Waals surface area contributed by atoms with Gasteiger partial charge in [0.15, 0.2) is 6.29 Å². The molecule has 0 aliphatic carbocycles. The Balaban J connectivity index is 2.62. The van der Waals surface area contributed by atoms with Gasteiger partial charge in [-0.15, -0.1) is 0 Å². The van der Waals surface area contributed by atoms with Crippen molar-refractivity contribution in [3.8, 4) is 0 Å². The van der Waals surface area contributed by atoms with Crippen molar-refractivity contribution in [2.75, 3.05) is 13.7 Å². The number of rotatable bonds is 4. The van der Waals surface area contributed by atoms with Crippen LogP contribution in [0.1, 0.15) is 13.8 Å². The highest BCUT2D eigenvalue weighted by atomic mass is 16.7. The van der Waals surface area contributed by atoms with Crippen molar-refractivity contribution in [1.29, 1.82) is 0 Å². The summed E-state index contributed by atoms with van der Waals surface area (Å²) in [7, 11) is 1.49. The first-order chi connectivity index (χ1) is 8.02. The van der Waals surface area contributed by atoms with Gasteiger partial charge >= 0.3 is 11.9 Å². The summed E-state index contributed by atoms with van der Waals surface area (Å²) >= 11 is 0. The SMILES string of the molecule is COC1C=CC(OC(C)=O)C(COC(C)=O)O1. The van der Waals surface area contributed by atoms with Gasteiger partial charge in [-0.05, 0) is 12.2 Å². The molecule has 0 spiro atoms. The first-order valence-corrected chi connectivity index (χ1v) is 5.20. The van der Waals surface area contributed by atoms with Crippen LogP contribution in [0.3, 0.4) is 0 Å². The van der Waals surface area contributed by atoms with E-state index in [1.165, 1.54) is 21.0 Å². The van der Waals surface area contributed by atoms with Gasteiger partial charge in [-0.1, -0.05) is 0 Å². The number of esters is 2. The fourth-order valence-corrected chi connectivity index (χ4v) is 1.39. The molecule has 1 aliphatic rings. The van der Waals surface area contributed by atoms with E-state index in [4.69, 9.17) is 18.9 Å². The van der Waals surface area contributed by atoms with Gasteiger partial charge in [0.05, 0.1) is 0 Å². The summed E-state index contributed by atoms with van der Waals surface area (Å²) in [6.07, 6.45) is 1.64. The lowest BCUT2D eigenvalue weighted by molar-refractivity contribution is -0.190. The van der Waals surface area contributed by atoms with Crippen LogP contribution in [-0.4, -0.2) is 44.2 Å². The Morgan fingerprint density at radius 1 is 1.24 bits per heavy atom. The van der Waals surface area contributed by atoms with Gasteiger partial charge in [0.25, 0.3) is 0 Å². The highest BCUT2D eigenvalue weighted by molar-refractivity contribution is 5.66. The molecule has 0 amide bonds. The maximum Gasteiger partial charge on any atom is 0.303 e. The Kier molecular flexibility index (Phi) is 5.11. The van der Waals surface area contributed by atoms with Crippen molar-refractivity contribution in [3.63, 3.8) is 0 Å². The molecule has 1 aliphatic heterocycles. The van der Waals surface area contributed by atoms with E-state index in [-0.39, 0.29) is 6.61 Å². The predicted octanol–water partition coefficient (Wildman–Crippen LogP) is 0.409. The fourth-order valence-electron chi connectivity index (χ4n) is 1.39. The standard InChI is InChI=1S/C11H16O6/c1-7(12)15-6-10-9(16-8(2)13)4-5-11(14-3)17-10/h4-5,9-11H,6H2,1-3H3. The Hall–Kier alpha value is -1.40. The largest absolute Gasteiger partial charge is 0.463 e. The number of methoxy groups -OCH3 is 1. The van der Waals surface area contributed by atoms with E-state index < -0.39 is 30.4 Å². The lowest BCUT2D eigenvalue weighted by Crippen LogP contribution is -2.41. The molecule has 0 aromatic rings. The molecular weight excluding hydrogens is 228 g/mol. The highest BCUT2D eigenvalue weighted by Gasteiger charge is 2.30. The predicted molar refractivity (Wildman–Crippen MR) is 57.0 cm³/mol. The Morgan fingerprint density at radius 2 is 1.94 bits per heavy atom. The zero-order chi connectivity index (χ0) is 12.8. The maximum absolute atomic E-state index is 10.9. The minimum Gasteiger partial charge on any atom is -0.463 e. The van der Waals surface area contributed by atoms with Crippen LogP contribution in [0.25, 0.3) is 0 Å². The van der Waals surface area contributed by atoms with E-state index in [2.05, 4.69) is 0 Å². The quantitative estimate of drug-likeness (QED) is 0.527. The van der Waals surface area contributed by atoms with E-state index in [0.29, 0.717) is 0 Å². The molecule has 3 atom stereocenters. The van der Waals surface area contributed by atoms with Crippen LogP contribution >= 0.6 is 0 Å². The first-order valence-electron chi connectivity index (χ1n) is 5.20. The number of hydrogen-bond donors (Lipinski definition) is 0. The summed E-state index contributed by atoms with van der Waals surface area (Å²) in [5.74, 6) is -0.842.